The minimum absolute atomic E-state index is 0.337. The van der Waals surface area contributed by atoms with Gasteiger partial charge in [-0.15, -0.1) is 0 Å². The van der Waals surface area contributed by atoms with E-state index in [-0.39, 0.29) is 0 Å². The second-order valence-corrected chi connectivity index (χ2v) is 8.86. The van der Waals surface area contributed by atoms with Crippen molar-refractivity contribution in [1.82, 2.24) is 14.9 Å². The van der Waals surface area contributed by atoms with Gasteiger partial charge >= 0.3 is 6.01 Å². The third kappa shape index (κ3) is 4.98. The summed E-state index contributed by atoms with van der Waals surface area (Å²) in [6.45, 7) is 8.68. The normalized spacial score (nSPS) is 18.3. The molecule has 1 fully saturated rings. The van der Waals surface area contributed by atoms with Gasteiger partial charge in [-0.3, -0.25) is 4.99 Å². The molecule has 2 aromatic rings. The fourth-order valence-electron chi connectivity index (χ4n) is 4.34. The van der Waals surface area contributed by atoms with Crippen molar-refractivity contribution in [2.24, 2.45) is 4.99 Å². The van der Waals surface area contributed by atoms with Crippen LogP contribution in [0.25, 0.3) is 6.08 Å². The molecule has 0 spiro atoms. The van der Waals surface area contributed by atoms with E-state index < -0.39 is 0 Å². The summed E-state index contributed by atoms with van der Waals surface area (Å²) in [6, 6.07) is 8.51. The third-order valence-electron chi connectivity index (χ3n) is 6.11. The van der Waals surface area contributed by atoms with Crippen molar-refractivity contribution in [1.29, 1.82) is 0 Å². The highest BCUT2D eigenvalue weighted by Crippen LogP contribution is 2.31. The summed E-state index contributed by atoms with van der Waals surface area (Å²) < 4.78 is 6.16. The average Bonchev–Trinajstić information content (AvgIpc) is 3.39. The fourth-order valence-corrected chi connectivity index (χ4v) is 4.34. The van der Waals surface area contributed by atoms with E-state index in [4.69, 9.17) is 9.72 Å². The molecule has 1 N–H and O–H groups in total. The molecule has 170 valence electrons. The Morgan fingerprint density at radius 3 is 2.73 bits per heavy atom. The van der Waals surface area contributed by atoms with Crippen LogP contribution >= 0.6 is 0 Å². The van der Waals surface area contributed by atoms with Crippen LogP contribution in [0.3, 0.4) is 0 Å². The smallest absolute Gasteiger partial charge is 0.325 e. The monoisotopic (exact) mass is 442 g/mol. The number of hydrogen-bond acceptors (Lipinski definition) is 7. The number of ether oxygens (including phenoxy) is 1. The molecule has 3 aliphatic rings. The number of fused-ring (bicyclic) bond motifs is 1. The molecule has 2 aliphatic heterocycles. The first-order valence-corrected chi connectivity index (χ1v) is 11.5. The molecule has 0 saturated carbocycles. The van der Waals surface area contributed by atoms with Crippen LogP contribution in [0, 0.1) is 0 Å². The standard InChI is InChI=1S/C26H30N6O/c1-4-5-19-14-23(27-17-19)28-24-16-25(32-10-8-31(3)9-11-32)30-26(29-24)33-22-7-6-20-12-18(2)13-21(20)15-22/h4-7,13-16H,8-12,17H2,1-3H3,(H,27,28,29,30)/b5-4+. The lowest BCUT2D eigenvalue weighted by Crippen LogP contribution is -2.44. The first-order chi connectivity index (χ1) is 16.1. The second-order valence-electron chi connectivity index (χ2n) is 8.86. The first kappa shape index (κ1) is 21.4. The van der Waals surface area contributed by atoms with Gasteiger partial charge in [0.15, 0.2) is 0 Å². The maximum atomic E-state index is 6.16. The van der Waals surface area contributed by atoms with E-state index in [1.54, 1.807) is 0 Å². The minimum Gasteiger partial charge on any atom is -0.424 e. The van der Waals surface area contributed by atoms with Gasteiger partial charge in [-0.2, -0.15) is 9.97 Å². The fraction of sp³-hybridized carbons (Fsp3) is 0.346. The SMILES string of the molecule is C/C=C/C1=CC(Nc2cc(N3CCN(C)CC3)nc(Oc3ccc4c(c3)C=C(C)C4)n2)=NC1. The lowest BCUT2D eigenvalue weighted by atomic mass is 10.1. The number of allylic oxidation sites excluding steroid dienone is 2. The molecular formula is C26H30N6O. The summed E-state index contributed by atoms with van der Waals surface area (Å²) >= 11 is 0. The molecule has 3 heterocycles. The van der Waals surface area contributed by atoms with Gasteiger partial charge < -0.3 is 19.9 Å². The molecule has 33 heavy (non-hydrogen) atoms. The number of likely N-dealkylation sites (N-methyl/N-ethyl adjacent to an activating group) is 1. The van der Waals surface area contributed by atoms with Crippen molar-refractivity contribution in [3.8, 4) is 11.8 Å². The Kier molecular flexibility index (Phi) is 5.96. The van der Waals surface area contributed by atoms with Crippen molar-refractivity contribution < 1.29 is 4.74 Å². The molecule has 0 amide bonds. The largest absolute Gasteiger partial charge is 0.424 e. The van der Waals surface area contributed by atoms with E-state index >= 15 is 0 Å². The van der Waals surface area contributed by atoms with E-state index in [1.165, 1.54) is 22.3 Å². The molecule has 1 aliphatic carbocycles. The topological polar surface area (TPSA) is 65.9 Å². The predicted octanol–water partition coefficient (Wildman–Crippen LogP) is 4.31. The van der Waals surface area contributed by atoms with Crippen LogP contribution in [0.15, 0.2) is 58.6 Å². The summed E-state index contributed by atoms with van der Waals surface area (Å²) in [5.74, 6) is 3.09. The summed E-state index contributed by atoms with van der Waals surface area (Å²) in [7, 11) is 2.15. The highest BCUT2D eigenvalue weighted by atomic mass is 16.5. The molecule has 0 radical (unpaired) electrons. The van der Waals surface area contributed by atoms with Crippen LogP contribution in [-0.4, -0.2) is 60.5 Å². The van der Waals surface area contributed by atoms with Crippen molar-refractivity contribution in [2.45, 2.75) is 20.3 Å². The number of hydrogen-bond donors (Lipinski definition) is 1. The zero-order valence-electron chi connectivity index (χ0n) is 19.5. The van der Waals surface area contributed by atoms with Gasteiger partial charge in [0.2, 0.25) is 0 Å². The molecule has 5 rings (SSSR count). The van der Waals surface area contributed by atoms with E-state index in [9.17, 15) is 0 Å². The number of anilines is 2. The van der Waals surface area contributed by atoms with Crippen molar-refractivity contribution in [3.05, 3.63) is 64.8 Å². The van der Waals surface area contributed by atoms with Crippen LogP contribution in [0.5, 0.6) is 11.8 Å². The van der Waals surface area contributed by atoms with E-state index in [2.05, 4.69) is 63.3 Å². The molecule has 7 heteroatoms. The zero-order chi connectivity index (χ0) is 22.8. The zero-order valence-corrected chi connectivity index (χ0v) is 19.5. The lowest BCUT2D eigenvalue weighted by Gasteiger charge is -2.33. The highest BCUT2D eigenvalue weighted by molar-refractivity contribution is 6.05. The summed E-state index contributed by atoms with van der Waals surface area (Å²) in [6.07, 6.45) is 9.37. The van der Waals surface area contributed by atoms with Crippen LogP contribution in [0.4, 0.5) is 11.6 Å². The van der Waals surface area contributed by atoms with Gasteiger partial charge in [0.05, 0.1) is 6.54 Å². The predicted molar refractivity (Wildman–Crippen MR) is 134 cm³/mol. The second kappa shape index (κ2) is 9.19. The highest BCUT2D eigenvalue weighted by Gasteiger charge is 2.19. The number of aromatic nitrogens is 2. The van der Waals surface area contributed by atoms with Crippen LogP contribution < -0.4 is 15.0 Å². The van der Waals surface area contributed by atoms with Gasteiger partial charge in [-0.05, 0) is 62.2 Å². The van der Waals surface area contributed by atoms with Gasteiger partial charge in [-0.25, -0.2) is 0 Å². The Morgan fingerprint density at radius 2 is 1.91 bits per heavy atom. The third-order valence-corrected chi connectivity index (χ3v) is 6.11. The molecule has 0 unspecified atom stereocenters. The van der Waals surface area contributed by atoms with Gasteiger partial charge in [0, 0.05) is 32.2 Å². The molecule has 0 bridgehead atoms. The number of nitrogens with one attached hydrogen (secondary N) is 1. The van der Waals surface area contributed by atoms with Crippen LogP contribution in [0.2, 0.25) is 0 Å². The Bertz CT molecular complexity index is 1170. The van der Waals surface area contributed by atoms with E-state index in [0.29, 0.717) is 18.4 Å². The maximum Gasteiger partial charge on any atom is 0.325 e. The molecule has 1 aromatic heterocycles. The number of aliphatic imine (C=N–C) groups is 1. The Balaban J connectivity index is 1.42. The van der Waals surface area contributed by atoms with Crippen molar-refractivity contribution >= 4 is 23.5 Å². The van der Waals surface area contributed by atoms with Crippen LogP contribution in [-0.2, 0) is 6.42 Å². The quantitative estimate of drug-likeness (QED) is 0.745. The minimum atomic E-state index is 0.337. The Labute approximate surface area is 195 Å². The number of amidine groups is 1. The molecule has 1 aromatic carbocycles. The van der Waals surface area contributed by atoms with Crippen LogP contribution in [0.1, 0.15) is 25.0 Å². The van der Waals surface area contributed by atoms with Crippen molar-refractivity contribution in [3.63, 3.8) is 0 Å². The Hall–Kier alpha value is -3.45. The molecule has 7 nitrogen and oxygen atoms in total. The van der Waals surface area contributed by atoms with Crippen molar-refractivity contribution in [2.75, 3.05) is 50.0 Å². The number of benzene rings is 1. The summed E-state index contributed by atoms with van der Waals surface area (Å²) in [5.41, 5.74) is 5.08. The first-order valence-electron chi connectivity index (χ1n) is 11.5. The molecule has 1 saturated heterocycles. The van der Waals surface area contributed by atoms with E-state index in [1.807, 2.05) is 31.2 Å². The van der Waals surface area contributed by atoms with Gasteiger partial charge in [0.1, 0.15) is 23.2 Å². The molecular weight excluding hydrogens is 412 g/mol. The summed E-state index contributed by atoms with van der Waals surface area (Å²) in [4.78, 5) is 18.6. The Morgan fingerprint density at radius 1 is 1.06 bits per heavy atom. The summed E-state index contributed by atoms with van der Waals surface area (Å²) in [5, 5.41) is 3.35. The van der Waals surface area contributed by atoms with E-state index in [0.717, 1.165) is 50.0 Å². The number of piperazine rings is 1. The average molecular weight is 443 g/mol. The van der Waals surface area contributed by atoms with Gasteiger partial charge in [0.25, 0.3) is 0 Å². The number of nitrogens with zero attached hydrogens (tertiary/aromatic N) is 5. The van der Waals surface area contributed by atoms with Gasteiger partial charge in [-0.1, -0.05) is 29.9 Å². The molecule has 0 atom stereocenters. The maximum absolute atomic E-state index is 6.16. The lowest BCUT2D eigenvalue weighted by molar-refractivity contribution is 0.311. The number of rotatable bonds is 5.